The largest absolute Gasteiger partial charge is 0.0616 e. The minimum Gasteiger partial charge on any atom is -0.0616 e. The van der Waals surface area contributed by atoms with Crippen molar-refractivity contribution in [2.75, 3.05) is 0 Å². The lowest BCUT2D eigenvalue weighted by Gasteiger charge is -2.03. The number of fused-ring (bicyclic) bond motifs is 2. The molecule has 1 heteroatoms. The van der Waals surface area contributed by atoms with Crippen LogP contribution in [-0.4, -0.2) is 0 Å². The Hall–Kier alpha value is -3.42. The normalized spacial score (nSPS) is 11.8. The molecule has 0 radical (unpaired) electrons. The number of hydrogen-bond acceptors (Lipinski definition) is 0. The predicted molar refractivity (Wildman–Crippen MR) is 140 cm³/mol. The maximum absolute atomic E-state index is 3.73. The van der Waals surface area contributed by atoms with Crippen molar-refractivity contribution in [2.45, 2.75) is 0 Å². The molecule has 0 spiro atoms. The van der Waals surface area contributed by atoms with Gasteiger partial charge in [-0.15, -0.1) is 0 Å². The van der Waals surface area contributed by atoms with E-state index in [0.29, 0.717) is 0 Å². The van der Waals surface area contributed by atoms with Crippen molar-refractivity contribution < 1.29 is 0 Å². The average molecular weight is 461 g/mol. The summed E-state index contributed by atoms with van der Waals surface area (Å²) in [5, 5.41) is 5.06. The summed E-state index contributed by atoms with van der Waals surface area (Å²) in [5.41, 5.74) is 4.74. The summed E-state index contributed by atoms with van der Waals surface area (Å²) in [6, 6.07) is 36.5. The smallest absolute Gasteiger partial charge is 0.0253 e. The number of benzene rings is 5. The van der Waals surface area contributed by atoms with Crippen LogP contribution in [0.25, 0.3) is 45.8 Å². The molecule has 0 nitrogen and oxygen atoms in total. The molecule has 0 saturated carbocycles. The molecule has 5 rings (SSSR count). The van der Waals surface area contributed by atoms with Gasteiger partial charge in [-0.05, 0) is 62.0 Å². The van der Waals surface area contributed by atoms with Gasteiger partial charge in [0.05, 0.1) is 0 Å². The van der Waals surface area contributed by atoms with Crippen molar-refractivity contribution in [3.8, 4) is 0 Å². The summed E-state index contributed by atoms with van der Waals surface area (Å²) in [7, 11) is 0. The van der Waals surface area contributed by atoms with Gasteiger partial charge in [-0.25, -0.2) is 0 Å². The first kappa shape index (κ1) is 19.5. The lowest BCUT2D eigenvalue weighted by Crippen LogP contribution is -1.80. The first-order valence-corrected chi connectivity index (χ1v) is 11.2. The molecule has 0 aliphatic heterocycles. The van der Waals surface area contributed by atoms with Crippen molar-refractivity contribution in [3.63, 3.8) is 0 Å². The second-order valence-electron chi connectivity index (χ2n) is 7.66. The van der Waals surface area contributed by atoms with E-state index in [2.05, 4.69) is 143 Å². The predicted octanol–water partition coefficient (Wildman–Crippen LogP) is 9.10. The van der Waals surface area contributed by atoms with Gasteiger partial charge in [-0.3, -0.25) is 0 Å². The zero-order chi connectivity index (χ0) is 21.0. The molecule has 0 unspecified atom stereocenters. The van der Waals surface area contributed by atoms with Crippen LogP contribution < -0.4 is 0 Å². The second kappa shape index (κ2) is 8.75. The van der Waals surface area contributed by atoms with Crippen LogP contribution in [-0.2, 0) is 0 Å². The van der Waals surface area contributed by atoms with Gasteiger partial charge in [0.1, 0.15) is 0 Å². The highest BCUT2D eigenvalue weighted by atomic mass is 79.9. The van der Waals surface area contributed by atoms with E-state index >= 15 is 0 Å². The molecule has 0 aromatic heterocycles. The summed E-state index contributed by atoms with van der Waals surface area (Å²) < 4.78 is 1.09. The van der Waals surface area contributed by atoms with Gasteiger partial charge in [-0.1, -0.05) is 125 Å². The van der Waals surface area contributed by atoms with Gasteiger partial charge in [0, 0.05) is 4.47 Å². The van der Waals surface area contributed by atoms with E-state index in [-0.39, 0.29) is 0 Å². The topological polar surface area (TPSA) is 0 Å². The van der Waals surface area contributed by atoms with Gasteiger partial charge in [0.15, 0.2) is 0 Å². The van der Waals surface area contributed by atoms with E-state index in [1.54, 1.807) is 0 Å². The molecular weight excluding hydrogens is 440 g/mol. The molecule has 0 N–H and O–H groups in total. The van der Waals surface area contributed by atoms with E-state index in [9.17, 15) is 0 Å². The van der Waals surface area contributed by atoms with Crippen molar-refractivity contribution in [1.29, 1.82) is 0 Å². The number of rotatable bonds is 4. The molecule has 0 aliphatic rings. The lowest BCUT2D eigenvalue weighted by molar-refractivity contribution is 1.57. The molecule has 0 aliphatic carbocycles. The summed E-state index contributed by atoms with van der Waals surface area (Å²) in [6.07, 6.45) is 8.65. The van der Waals surface area contributed by atoms with Crippen LogP contribution in [0, 0.1) is 0 Å². The van der Waals surface area contributed by atoms with E-state index in [1.807, 2.05) is 0 Å². The quantitative estimate of drug-likeness (QED) is 0.234. The van der Waals surface area contributed by atoms with E-state index in [1.165, 1.54) is 38.2 Å². The van der Waals surface area contributed by atoms with Crippen LogP contribution in [0.4, 0.5) is 0 Å². The number of hydrogen-bond donors (Lipinski definition) is 0. The van der Waals surface area contributed by atoms with Crippen LogP contribution in [0.1, 0.15) is 22.3 Å². The van der Waals surface area contributed by atoms with Crippen LogP contribution in [0.3, 0.4) is 0 Å². The van der Waals surface area contributed by atoms with Gasteiger partial charge < -0.3 is 0 Å². The van der Waals surface area contributed by atoms with E-state index < -0.39 is 0 Å². The fraction of sp³-hybridized carbons (Fsp3) is 0. The molecule has 0 fully saturated rings. The van der Waals surface area contributed by atoms with Crippen LogP contribution in [0.15, 0.2) is 108 Å². The molecule has 0 saturated heterocycles. The highest BCUT2D eigenvalue weighted by molar-refractivity contribution is 9.10. The van der Waals surface area contributed by atoms with Crippen molar-refractivity contribution in [1.82, 2.24) is 0 Å². The molecule has 5 aromatic carbocycles. The average Bonchev–Trinajstić information content (AvgIpc) is 2.82. The molecule has 0 bridgehead atoms. The fourth-order valence-corrected chi connectivity index (χ4v) is 4.31. The van der Waals surface area contributed by atoms with E-state index in [0.717, 1.165) is 10.0 Å². The molecular formula is C30H21Br. The van der Waals surface area contributed by atoms with E-state index in [4.69, 9.17) is 0 Å². The summed E-state index contributed by atoms with van der Waals surface area (Å²) >= 11 is 3.73. The highest BCUT2D eigenvalue weighted by Crippen LogP contribution is 2.24. The molecule has 0 heterocycles. The SMILES string of the molecule is Brc1cc(/C=C\c2ccc3ccccc3c2)ccc1/C=C\c1ccc2ccccc2c1. The zero-order valence-electron chi connectivity index (χ0n) is 17.0. The minimum atomic E-state index is 1.09. The van der Waals surface area contributed by atoms with Crippen molar-refractivity contribution >= 4 is 61.8 Å². The minimum absolute atomic E-state index is 1.09. The van der Waals surface area contributed by atoms with Gasteiger partial charge in [0.25, 0.3) is 0 Å². The molecule has 5 aromatic rings. The van der Waals surface area contributed by atoms with Crippen molar-refractivity contribution in [3.05, 3.63) is 130 Å². The Morgan fingerprint density at radius 3 is 1.42 bits per heavy atom. The molecule has 148 valence electrons. The highest BCUT2D eigenvalue weighted by Gasteiger charge is 1.99. The first-order valence-electron chi connectivity index (χ1n) is 10.4. The van der Waals surface area contributed by atoms with Crippen LogP contribution in [0.5, 0.6) is 0 Å². The maximum atomic E-state index is 3.73. The Morgan fingerprint density at radius 1 is 0.419 bits per heavy atom. The summed E-state index contributed by atoms with van der Waals surface area (Å²) in [4.78, 5) is 0. The Bertz CT molecular complexity index is 1440. The monoisotopic (exact) mass is 460 g/mol. The summed E-state index contributed by atoms with van der Waals surface area (Å²) in [6.45, 7) is 0. The third kappa shape index (κ3) is 4.52. The third-order valence-electron chi connectivity index (χ3n) is 5.50. The Kier molecular flexibility index (Phi) is 5.52. The lowest BCUT2D eigenvalue weighted by atomic mass is 10.0. The summed E-state index contributed by atoms with van der Waals surface area (Å²) in [5.74, 6) is 0. The van der Waals surface area contributed by atoms with Gasteiger partial charge in [0.2, 0.25) is 0 Å². The third-order valence-corrected chi connectivity index (χ3v) is 6.18. The van der Waals surface area contributed by atoms with Crippen LogP contribution >= 0.6 is 15.9 Å². The molecule has 0 amide bonds. The Labute approximate surface area is 191 Å². The number of halogens is 1. The standard InChI is InChI=1S/C30H21Br/c31-30-21-24(10-9-22-11-15-25-5-1-3-7-28(25)19-22)14-18-27(30)17-13-23-12-16-26-6-2-4-8-29(26)20-23/h1-21H/b10-9-,17-13-. The molecule has 31 heavy (non-hydrogen) atoms. The Morgan fingerprint density at radius 2 is 0.871 bits per heavy atom. The second-order valence-corrected chi connectivity index (χ2v) is 8.52. The molecule has 0 atom stereocenters. The van der Waals surface area contributed by atoms with Gasteiger partial charge >= 0.3 is 0 Å². The van der Waals surface area contributed by atoms with Gasteiger partial charge in [-0.2, -0.15) is 0 Å². The first-order chi connectivity index (χ1) is 15.2. The van der Waals surface area contributed by atoms with Crippen molar-refractivity contribution in [2.24, 2.45) is 0 Å². The maximum Gasteiger partial charge on any atom is 0.0253 e. The Balaban J connectivity index is 1.34. The zero-order valence-corrected chi connectivity index (χ0v) is 18.6. The fourth-order valence-electron chi connectivity index (χ4n) is 3.78. The van der Waals surface area contributed by atoms with Crippen LogP contribution in [0.2, 0.25) is 0 Å².